The Kier molecular flexibility index (Phi) is 2.13. The van der Waals surface area contributed by atoms with E-state index in [4.69, 9.17) is 0 Å². The molecule has 64 valence electrons. The topological polar surface area (TPSA) is 98.6 Å². The molecule has 0 aliphatic carbocycles. The summed E-state index contributed by atoms with van der Waals surface area (Å²) in [6, 6.07) is -1.06. The lowest BCUT2D eigenvalue weighted by atomic mass is 10.1. The fraction of sp³-hybridized carbons (Fsp3) is 0.400. The van der Waals surface area contributed by atoms with Crippen molar-refractivity contribution >= 4 is 6.21 Å². The fourth-order valence-electron chi connectivity index (χ4n) is 0.799. The molecule has 1 rings (SSSR count). The average molecular weight is 171 g/mol. The molecule has 0 fully saturated rings. The van der Waals surface area contributed by atoms with Gasteiger partial charge in [0, 0.05) is 4.92 Å². The number of rotatable bonds is 2. The van der Waals surface area contributed by atoms with Crippen molar-refractivity contribution in [2.75, 3.05) is 0 Å². The molecule has 0 spiro atoms. The predicted octanol–water partition coefficient (Wildman–Crippen LogP) is 0.224. The Balaban J connectivity index is 2.74. The molecular weight excluding hydrogens is 166 g/mol. The Morgan fingerprint density at radius 1 is 1.50 bits per heavy atom. The molecule has 1 unspecified atom stereocenters. The Hall–Kier alpha value is -1.79. The highest BCUT2D eigenvalue weighted by molar-refractivity contribution is 5.65. The molecule has 0 radical (unpaired) electrons. The van der Waals surface area contributed by atoms with E-state index in [1.807, 2.05) is 0 Å². The summed E-state index contributed by atoms with van der Waals surface area (Å²) in [5, 5.41) is 20.4. The minimum absolute atomic E-state index is 0.191. The lowest BCUT2D eigenvalue weighted by Crippen LogP contribution is -2.25. The molecule has 12 heavy (non-hydrogen) atoms. The van der Waals surface area contributed by atoms with Gasteiger partial charge in [-0.1, -0.05) is 0 Å². The zero-order valence-electron chi connectivity index (χ0n) is 5.91. The van der Waals surface area contributed by atoms with Gasteiger partial charge in [0.1, 0.15) is 12.6 Å². The highest BCUT2D eigenvalue weighted by atomic mass is 16.6. The molecule has 0 saturated carbocycles. The molecule has 7 heteroatoms. The number of aliphatic imine (C=N–C) groups is 1. The van der Waals surface area contributed by atoms with Crippen LogP contribution in [0.1, 0.15) is 6.42 Å². The van der Waals surface area contributed by atoms with Crippen molar-refractivity contribution in [2.24, 2.45) is 4.99 Å². The van der Waals surface area contributed by atoms with Crippen LogP contribution >= 0.6 is 0 Å². The van der Waals surface area contributed by atoms with Gasteiger partial charge in [-0.15, -0.1) is 0 Å². The Bertz CT molecular complexity index is 282. The second-order valence-electron chi connectivity index (χ2n) is 2.23. The summed E-state index contributed by atoms with van der Waals surface area (Å²) >= 11 is 0. The second-order valence-corrected chi connectivity index (χ2v) is 2.23. The first-order valence-electron chi connectivity index (χ1n) is 3.11. The molecule has 1 atom stereocenters. The van der Waals surface area contributed by atoms with Gasteiger partial charge in [0.15, 0.2) is 0 Å². The number of hydrogen-bond donors (Lipinski definition) is 0. The SMILES string of the molecule is O=[N+]([O-])C1=CN=CC([N+](=O)[O-])C1. The monoisotopic (exact) mass is 171 g/mol. The summed E-state index contributed by atoms with van der Waals surface area (Å²) < 4.78 is 0. The van der Waals surface area contributed by atoms with Gasteiger partial charge in [-0.2, -0.15) is 0 Å². The van der Waals surface area contributed by atoms with Crippen LogP contribution in [0.4, 0.5) is 0 Å². The third-order valence-corrected chi connectivity index (χ3v) is 1.41. The molecule has 0 aromatic carbocycles. The highest BCUT2D eigenvalue weighted by Crippen LogP contribution is 2.11. The molecule has 1 heterocycles. The fourth-order valence-corrected chi connectivity index (χ4v) is 0.799. The maximum absolute atomic E-state index is 10.2. The summed E-state index contributed by atoms with van der Waals surface area (Å²) in [5.74, 6) is 0. The van der Waals surface area contributed by atoms with E-state index in [9.17, 15) is 20.2 Å². The molecule has 0 saturated heterocycles. The van der Waals surface area contributed by atoms with E-state index in [2.05, 4.69) is 4.99 Å². The number of nitro groups is 2. The van der Waals surface area contributed by atoms with E-state index in [-0.39, 0.29) is 12.1 Å². The van der Waals surface area contributed by atoms with E-state index in [0.29, 0.717) is 0 Å². The zero-order chi connectivity index (χ0) is 9.14. The van der Waals surface area contributed by atoms with Gasteiger partial charge in [0.2, 0.25) is 0 Å². The van der Waals surface area contributed by atoms with Crippen LogP contribution < -0.4 is 0 Å². The third-order valence-electron chi connectivity index (χ3n) is 1.41. The number of hydrogen-bond acceptors (Lipinski definition) is 5. The van der Waals surface area contributed by atoms with Gasteiger partial charge in [0.25, 0.3) is 11.7 Å². The van der Waals surface area contributed by atoms with Crippen molar-refractivity contribution in [3.8, 4) is 0 Å². The van der Waals surface area contributed by atoms with Crippen molar-refractivity contribution in [3.05, 3.63) is 32.1 Å². The second kappa shape index (κ2) is 3.07. The molecule has 1 aliphatic rings. The van der Waals surface area contributed by atoms with E-state index in [0.717, 1.165) is 12.4 Å². The summed E-state index contributed by atoms with van der Waals surface area (Å²) in [6.07, 6.45) is 1.93. The molecule has 0 amide bonds. The van der Waals surface area contributed by atoms with E-state index < -0.39 is 15.9 Å². The standard InChI is InChI=1S/C5H5N3O4/c9-7(10)4-1-5(8(11)12)3-6-2-4/h2-4H,1H2. The maximum atomic E-state index is 10.2. The van der Waals surface area contributed by atoms with E-state index in [1.54, 1.807) is 0 Å². The lowest BCUT2D eigenvalue weighted by molar-refractivity contribution is -0.510. The van der Waals surface area contributed by atoms with Crippen LogP contribution in [0.5, 0.6) is 0 Å². The summed E-state index contributed by atoms with van der Waals surface area (Å²) in [4.78, 5) is 22.5. The van der Waals surface area contributed by atoms with Crippen LogP contribution in [0, 0.1) is 20.2 Å². The summed E-state index contributed by atoms with van der Waals surface area (Å²) in [6.45, 7) is 0. The van der Waals surface area contributed by atoms with Gasteiger partial charge in [0.05, 0.1) is 11.1 Å². The van der Waals surface area contributed by atoms with Gasteiger partial charge >= 0.3 is 0 Å². The Morgan fingerprint density at radius 2 is 2.17 bits per heavy atom. The first kappa shape index (κ1) is 8.31. The minimum Gasteiger partial charge on any atom is -0.264 e. The summed E-state index contributed by atoms with van der Waals surface area (Å²) in [5.41, 5.74) is -0.223. The third kappa shape index (κ3) is 1.62. The van der Waals surface area contributed by atoms with Gasteiger partial charge in [-0.3, -0.25) is 25.2 Å². The highest BCUT2D eigenvalue weighted by Gasteiger charge is 2.28. The van der Waals surface area contributed by atoms with Gasteiger partial charge in [-0.05, 0) is 0 Å². The molecule has 0 bridgehead atoms. The van der Waals surface area contributed by atoms with E-state index >= 15 is 0 Å². The van der Waals surface area contributed by atoms with Crippen LogP contribution in [0.25, 0.3) is 0 Å². The first-order chi connectivity index (χ1) is 5.61. The normalized spacial score (nSPS) is 21.7. The van der Waals surface area contributed by atoms with E-state index in [1.165, 1.54) is 0 Å². The van der Waals surface area contributed by atoms with Crippen molar-refractivity contribution in [1.82, 2.24) is 0 Å². The van der Waals surface area contributed by atoms with Crippen LogP contribution in [0.15, 0.2) is 16.9 Å². The molecule has 0 aromatic rings. The Labute approximate surface area is 66.7 Å². The quantitative estimate of drug-likeness (QED) is 0.438. The van der Waals surface area contributed by atoms with Crippen LogP contribution in [0.3, 0.4) is 0 Å². The smallest absolute Gasteiger partial charge is 0.264 e. The molecule has 0 N–H and O–H groups in total. The predicted molar refractivity (Wildman–Crippen MR) is 39.0 cm³/mol. The van der Waals surface area contributed by atoms with Crippen molar-refractivity contribution < 1.29 is 9.85 Å². The number of nitrogens with zero attached hydrogens (tertiary/aromatic N) is 3. The molecule has 1 aliphatic heterocycles. The molecule has 0 aromatic heterocycles. The van der Waals surface area contributed by atoms with Crippen LogP contribution in [-0.4, -0.2) is 22.1 Å². The van der Waals surface area contributed by atoms with Crippen LogP contribution in [-0.2, 0) is 0 Å². The Morgan fingerprint density at radius 3 is 2.67 bits per heavy atom. The van der Waals surface area contributed by atoms with Gasteiger partial charge in [-0.25, -0.2) is 0 Å². The van der Waals surface area contributed by atoms with Crippen molar-refractivity contribution in [1.29, 1.82) is 0 Å². The zero-order valence-corrected chi connectivity index (χ0v) is 5.91. The van der Waals surface area contributed by atoms with Crippen molar-refractivity contribution in [2.45, 2.75) is 12.5 Å². The lowest BCUT2D eigenvalue weighted by Gasteiger charge is -2.04. The minimum atomic E-state index is -1.06. The summed E-state index contributed by atoms with van der Waals surface area (Å²) in [7, 11) is 0. The molecular formula is C5H5N3O4. The van der Waals surface area contributed by atoms with Crippen LogP contribution in [0.2, 0.25) is 0 Å². The first-order valence-corrected chi connectivity index (χ1v) is 3.11. The maximum Gasteiger partial charge on any atom is 0.271 e. The van der Waals surface area contributed by atoms with Crippen molar-refractivity contribution in [3.63, 3.8) is 0 Å². The average Bonchev–Trinajstić information content (AvgIpc) is 2.04. The largest absolute Gasteiger partial charge is 0.271 e. The molecule has 7 nitrogen and oxygen atoms in total. The van der Waals surface area contributed by atoms with Gasteiger partial charge < -0.3 is 0 Å².